The van der Waals surface area contributed by atoms with Gasteiger partial charge in [0.15, 0.2) is 5.69 Å². The lowest BCUT2D eigenvalue weighted by atomic mass is 10.2. The fourth-order valence-electron chi connectivity index (χ4n) is 1.71. The van der Waals surface area contributed by atoms with Crippen molar-refractivity contribution in [2.75, 3.05) is 11.9 Å². The van der Waals surface area contributed by atoms with E-state index >= 15 is 0 Å². The van der Waals surface area contributed by atoms with Crippen molar-refractivity contribution >= 4 is 29.0 Å². The first-order valence-electron chi connectivity index (χ1n) is 6.34. The van der Waals surface area contributed by atoms with Gasteiger partial charge in [0.25, 0.3) is 0 Å². The Balaban J connectivity index is 1.77. The van der Waals surface area contributed by atoms with Gasteiger partial charge in [0.2, 0.25) is 0 Å². The van der Waals surface area contributed by atoms with Gasteiger partial charge in [-0.3, -0.25) is 0 Å². The summed E-state index contributed by atoms with van der Waals surface area (Å²) < 4.78 is 0. The second-order valence-electron chi connectivity index (χ2n) is 4.43. The first-order chi connectivity index (χ1) is 10.0. The van der Waals surface area contributed by atoms with E-state index in [1.54, 1.807) is 0 Å². The smallest absolute Gasteiger partial charge is 0.355 e. The summed E-state index contributed by atoms with van der Waals surface area (Å²) in [6, 6.07) is 7.21. The summed E-state index contributed by atoms with van der Waals surface area (Å²) in [6.07, 6.45) is 0.499. The van der Waals surface area contributed by atoms with Gasteiger partial charge in [0.1, 0.15) is 0 Å². The number of carboxylic acid groups (broad SMARTS) is 1. The highest BCUT2D eigenvalue weighted by molar-refractivity contribution is 7.09. The Bertz CT molecular complexity index is 654. The van der Waals surface area contributed by atoms with Crippen molar-refractivity contribution in [3.63, 3.8) is 0 Å². The van der Waals surface area contributed by atoms with Gasteiger partial charge in [-0.15, -0.1) is 11.3 Å². The maximum Gasteiger partial charge on any atom is 0.355 e. The number of nitrogens with zero attached hydrogens (tertiary/aromatic N) is 1. The molecule has 0 saturated heterocycles. The fraction of sp³-hybridized carbons (Fsp3) is 0.214. The molecule has 2 aromatic rings. The van der Waals surface area contributed by atoms with Crippen LogP contribution in [-0.2, 0) is 6.42 Å². The largest absolute Gasteiger partial charge is 0.476 e. The third-order valence-corrected chi connectivity index (χ3v) is 3.58. The molecule has 1 heterocycles. The van der Waals surface area contributed by atoms with Crippen molar-refractivity contribution in [1.82, 2.24) is 10.3 Å². The minimum absolute atomic E-state index is 0.0409. The number of urea groups is 1. The molecule has 0 aliphatic heterocycles. The molecule has 2 rings (SSSR count). The molecule has 0 atom stereocenters. The number of hydrogen-bond acceptors (Lipinski definition) is 4. The average molecular weight is 305 g/mol. The Kier molecular flexibility index (Phi) is 4.89. The standard InChI is InChI=1S/C14H15N3O3S/c1-9-3-2-4-10(7-9)16-14(20)15-6-5-12-17-11(8-21-12)13(18)19/h2-4,7-8H,5-6H2,1H3,(H,18,19)(H2,15,16,20). The lowest BCUT2D eigenvalue weighted by Gasteiger charge is -2.07. The van der Waals surface area contributed by atoms with Crippen LogP contribution in [0.25, 0.3) is 0 Å². The number of benzene rings is 1. The molecule has 1 aromatic carbocycles. The van der Waals surface area contributed by atoms with Crippen LogP contribution in [0.4, 0.5) is 10.5 Å². The topological polar surface area (TPSA) is 91.3 Å². The maximum absolute atomic E-state index is 11.7. The van der Waals surface area contributed by atoms with E-state index < -0.39 is 5.97 Å². The van der Waals surface area contributed by atoms with Crippen molar-refractivity contribution in [2.45, 2.75) is 13.3 Å². The van der Waals surface area contributed by atoms with Crippen LogP contribution in [0.2, 0.25) is 0 Å². The first-order valence-corrected chi connectivity index (χ1v) is 7.22. The molecule has 1 aromatic heterocycles. The van der Waals surface area contributed by atoms with Gasteiger partial charge in [0.05, 0.1) is 5.01 Å². The van der Waals surface area contributed by atoms with Crippen molar-refractivity contribution in [2.24, 2.45) is 0 Å². The molecule has 0 unspecified atom stereocenters. The number of rotatable bonds is 5. The highest BCUT2D eigenvalue weighted by atomic mass is 32.1. The molecule has 0 aliphatic rings. The van der Waals surface area contributed by atoms with E-state index in [1.807, 2.05) is 31.2 Å². The number of thiazole rings is 1. The number of carbonyl (C=O) groups excluding carboxylic acids is 1. The Hall–Kier alpha value is -2.41. The minimum atomic E-state index is -1.04. The number of aromatic carboxylic acids is 1. The van der Waals surface area contributed by atoms with Gasteiger partial charge in [-0.05, 0) is 24.6 Å². The quantitative estimate of drug-likeness (QED) is 0.791. The molecular weight excluding hydrogens is 290 g/mol. The van der Waals surface area contributed by atoms with Gasteiger partial charge in [-0.1, -0.05) is 12.1 Å². The Morgan fingerprint density at radius 1 is 1.38 bits per heavy atom. The fourth-order valence-corrected chi connectivity index (χ4v) is 2.48. The second kappa shape index (κ2) is 6.85. The van der Waals surface area contributed by atoms with Gasteiger partial charge >= 0.3 is 12.0 Å². The molecule has 0 bridgehead atoms. The van der Waals surface area contributed by atoms with Crippen molar-refractivity contribution < 1.29 is 14.7 Å². The molecule has 110 valence electrons. The number of carboxylic acids is 1. The van der Waals surface area contributed by atoms with Crippen molar-refractivity contribution in [3.8, 4) is 0 Å². The van der Waals surface area contributed by atoms with E-state index in [4.69, 9.17) is 5.11 Å². The normalized spacial score (nSPS) is 10.1. The summed E-state index contributed by atoms with van der Waals surface area (Å²) >= 11 is 1.27. The number of amides is 2. The van der Waals surface area contributed by atoms with E-state index in [2.05, 4.69) is 15.6 Å². The van der Waals surface area contributed by atoms with Crippen LogP contribution in [0.3, 0.4) is 0 Å². The summed E-state index contributed by atoms with van der Waals surface area (Å²) in [5, 5.41) is 16.4. The Morgan fingerprint density at radius 3 is 2.86 bits per heavy atom. The lowest BCUT2D eigenvalue weighted by molar-refractivity contribution is 0.0691. The third kappa shape index (κ3) is 4.57. The predicted octanol–water partition coefficient (Wildman–Crippen LogP) is 2.51. The molecule has 2 amide bonds. The number of carbonyl (C=O) groups is 2. The summed E-state index contributed by atoms with van der Waals surface area (Å²) in [6.45, 7) is 2.34. The summed E-state index contributed by atoms with van der Waals surface area (Å²) in [5.41, 5.74) is 1.84. The molecule has 0 radical (unpaired) electrons. The third-order valence-electron chi connectivity index (χ3n) is 2.67. The summed E-state index contributed by atoms with van der Waals surface area (Å²) in [7, 11) is 0. The Morgan fingerprint density at radius 2 is 2.19 bits per heavy atom. The molecule has 0 saturated carbocycles. The van der Waals surface area contributed by atoms with Crippen LogP contribution in [0.15, 0.2) is 29.6 Å². The Labute approximate surface area is 125 Å². The molecule has 0 fully saturated rings. The summed E-state index contributed by atoms with van der Waals surface area (Å²) in [5.74, 6) is -1.04. The van der Waals surface area contributed by atoms with Crippen molar-refractivity contribution in [1.29, 1.82) is 0 Å². The number of nitrogens with one attached hydrogen (secondary N) is 2. The lowest BCUT2D eigenvalue weighted by Crippen LogP contribution is -2.30. The zero-order chi connectivity index (χ0) is 15.2. The molecule has 21 heavy (non-hydrogen) atoms. The highest BCUT2D eigenvalue weighted by Gasteiger charge is 2.08. The molecule has 0 spiro atoms. The van der Waals surface area contributed by atoms with Crippen LogP contribution < -0.4 is 10.6 Å². The molecule has 7 heteroatoms. The van der Waals surface area contributed by atoms with Crippen LogP contribution in [0, 0.1) is 6.92 Å². The zero-order valence-electron chi connectivity index (χ0n) is 11.4. The molecule has 6 nitrogen and oxygen atoms in total. The molecular formula is C14H15N3O3S. The van der Waals surface area contributed by atoms with Crippen LogP contribution in [-0.4, -0.2) is 28.6 Å². The number of hydrogen-bond donors (Lipinski definition) is 3. The second-order valence-corrected chi connectivity index (χ2v) is 5.37. The molecule has 0 aliphatic carbocycles. The predicted molar refractivity (Wildman–Crippen MR) is 81.0 cm³/mol. The van der Waals surface area contributed by atoms with Crippen molar-refractivity contribution in [3.05, 3.63) is 45.9 Å². The van der Waals surface area contributed by atoms with Crippen LogP contribution in [0.1, 0.15) is 21.1 Å². The summed E-state index contributed by atoms with van der Waals surface area (Å²) in [4.78, 5) is 26.3. The van der Waals surface area contributed by atoms with E-state index in [9.17, 15) is 9.59 Å². The SMILES string of the molecule is Cc1cccc(NC(=O)NCCc2nc(C(=O)O)cs2)c1. The highest BCUT2D eigenvalue weighted by Crippen LogP contribution is 2.10. The van der Waals surface area contributed by atoms with E-state index in [-0.39, 0.29) is 11.7 Å². The number of aryl methyl sites for hydroxylation is 1. The average Bonchev–Trinajstić information content (AvgIpc) is 2.87. The van der Waals surface area contributed by atoms with E-state index in [0.717, 1.165) is 11.3 Å². The van der Waals surface area contributed by atoms with E-state index in [1.165, 1.54) is 16.7 Å². The minimum Gasteiger partial charge on any atom is -0.476 e. The first kappa shape index (κ1) is 15.0. The van der Waals surface area contributed by atoms with Gasteiger partial charge in [-0.25, -0.2) is 14.6 Å². The van der Waals surface area contributed by atoms with Crippen LogP contribution in [0.5, 0.6) is 0 Å². The van der Waals surface area contributed by atoms with Gasteiger partial charge < -0.3 is 15.7 Å². The van der Waals surface area contributed by atoms with E-state index in [0.29, 0.717) is 18.0 Å². The molecule has 3 N–H and O–H groups in total. The van der Waals surface area contributed by atoms with Crippen LogP contribution >= 0.6 is 11.3 Å². The van der Waals surface area contributed by atoms with Gasteiger partial charge in [0, 0.05) is 24.0 Å². The number of anilines is 1. The van der Waals surface area contributed by atoms with Gasteiger partial charge in [-0.2, -0.15) is 0 Å². The number of aromatic nitrogens is 1. The monoisotopic (exact) mass is 305 g/mol. The maximum atomic E-state index is 11.7. The zero-order valence-corrected chi connectivity index (χ0v) is 12.2.